The summed E-state index contributed by atoms with van der Waals surface area (Å²) < 4.78 is 10.2. The molecular weight excluding hydrogens is 492 g/mol. The van der Waals surface area contributed by atoms with Gasteiger partial charge in [0, 0.05) is 17.9 Å². The predicted molar refractivity (Wildman–Crippen MR) is 142 cm³/mol. The molecule has 3 aromatic rings. The van der Waals surface area contributed by atoms with Gasteiger partial charge in [0.25, 0.3) is 0 Å². The van der Waals surface area contributed by atoms with Crippen LogP contribution in [0.5, 0.6) is 5.75 Å². The zero-order chi connectivity index (χ0) is 26.5. The van der Waals surface area contributed by atoms with E-state index in [2.05, 4.69) is 10.6 Å². The van der Waals surface area contributed by atoms with Gasteiger partial charge in [0.15, 0.2) is 0 Å². The molecule has 8 nitrogen and oxygen atoms in total. The summed E-state index contributed by atoms with van der Waals surface area (Å²) >= 11 is 1.48. The van der Waals surface area contributed by atoms with Crippen LogP contribution in [0.1, 0.15) is 16.7 Å². The first-order chi connectivity index (χ1) is 17.9. The summed E-state index contributed by atoms with van der Waals surface area (Å²) in [5.41, 5.74) is 2.60. The summed E-state index contributed by atoms with van der Waals surface area (Å²) in [6, 6.07) is 23.3. The molecule has 0 unspecified atom stereocenters. The van der Waals surface area contributed by atoms with Gasteiger partial charge in [0.05, 0.1) is 7.11 Å². The molecule has 0 fully saturated rings. The maximum Gasteiger partial charge on any atom is 0.408 e. The lowest BCUT2D eigenvalue weighted by Crippen LogP contribution is -2.53. The van der Waals surface area contributed by atoms with E-state index in [4.69, 9.17) is 9.47 Å². The summed E-state index contributed by atoms with van der Waals surface area (Å²) in [5.74, 6) is -0.103. The Morgan fingerprint density at radius 2 is 1.43 bits per heavy atom. The fraction of sp³-hybridized carbons (Fsp3) is 0.250. The number of esters is 1. The fourth-order valence-electron chi connectivity index (χ4n) is 3.44. The van der Waals surface area contributed by atoms with Crippen LogP contribution in [-0.4, -0.2) is 48.0 Å². The Hall–Kier alpha value is -3.98. The zero-order valence-corrected chi connectivity index (χ0v) is 21.3. The van der Waals surface area contributed by atoms with E-state index in [-0.39, 0.29) is 24.5 Å². The van der Waals surface area contributed by atoms with Gasteiger partial charge in [-0.15, -0.1) is 0 Å². The third-order valence-corrected chi connectivity index (χ3v) is 6.50. The SMILES string of the molecule is COC(=O)[C@H](CSCc1ccccc1)NC(=O)[C@H](Cc1ccc(O)cc1)NC(=O)OCc1ccccc1. The highest BCUT2D eigenvalue weighted by atomic mass is 32.2. The van der Waals surface area contributed by atoms with E-state index in [1.807, 2.05) is 60.7 Å². The average Bonchev–Trinajstić information content (AvgIpc) is 2.92. The van der Waals surface area contributed by atoms with Gasteiger partial charge < -0.3 is 25.2 Å². The van der Waals surface area contributed by atoms with Crippen LogP contribution in [-0.2, 0) is 37.8 Å². The number of hydrogen-bond donors (Lipinski definition) is 3. The molecular formula is C28H30N2O6S. The number of thioether (sulfide) groups is 1. The van der Waals surface area contributed by atoms with E-state index in [1.54, 1.807) is 12.1 Å². The second kappa shape index (κ2) is 14.5. The van der Waals surface area contributed by atoms with E-state index in [0.717, 1.165) is 11.1 Å². The van der Waals surface area contributed by atoms with Gasteiger partial charge in [-0.05, 0) is 28.8 Å². The first kappa shape index (κ1) is 27.6. The molecule has 37 heavy (non-hydrogen) atoms. The Labute approximate surface area is 220 Å². The normalized spacial score (nSPS) is 12.1. The fourth-order valence-corrected chi connectivity index (χ4v) is 4.44. The molecule has 2 amide bonds. The lowest BCUT2D eigenvalue weighted by molar-refractivity contribution is -0.144. The first-order valence-electron chi connectivity index (χ1n) is 11.7. The summed E-state index contributed by atoms with van der Waals surface area (Å²) in [6.45, 7) is 0.0428. The second-order valence-electron chi connectivity index (χ2n) is 8.21. The zero-order valence-electron chi connectivity index (χ0n) is 20.5. The predicted octanol–water partition coefficient (Wildman–Crippen LogP) is 3.82. The molecule has 0 heterocycles. The number of phenolic OH excluding ortho intramolecular Hbond substituents is 1. The molecule has 2 atom stereocenters. The van der Waals surface area contributed by atoms with Crippen LogP contribution in [0.3, 0.4) is 0 Å². The van der Waals surface area contributed by atoms with Crippen molar-refractivity contribution < 1.29 is 29.0 Å². The molecule has 3 rings (SSSR count). The molecule has 0 saturated carbocycles. The van der Waals surface area contributed by atoms with Crippen LogP contribution >= 0.6 is 11.8 Å². The molecule has 0 saturated heterocycles. The van der Waals surface area contributed by atoms with E-state index in [0.29, 0.717) is 11.3 Å². The third-order valence-electron chi connectivity index (χ3n) is 5.40. The highest BCUT2D eigenvalue weighted by Crippen LogP contribution is 2.15. The minimum atomic E-state index is -1.03. The molecule has 9 heteroatoms. The van der Waals surface area contributed by atoms with Crippen LogP contribution < -0.4 is 10.6 Å². The van der Waals surface area contributed by atoms with Crippen molar-refractivity contribution in [3.63, 3.8) is 0 Å². The number of hydrogen-bond acceptors (Lipinski definition) is 7. The Morgan fingerprint density at radius 3 is 2.05 bits per heavy atom. The van der Waals surface area contributed by atoms with Gasteiger partial charge in [-0.25, -0.2) is 9.59 Å². The Kier molecular flexibility index (Phi) is 10.9. The van der Waals surface area contributed by atoms with Crippen molar-refractivity contribution in [2.75, 3.05) is 12.9 Å². The quantitative estimate of drug-likeness (QED) is 0.310. The lowest BCUT2D eigenvalue weighted by Gasteiger charge is -2.22. The number of ether oxygens (including phenoxy) is 2. The van der Waals surface area contributed by atoms with Crippen molar-refractivity contribution in [1.29, 1.82) is 0 Å². The lowest BCUT2D eigenvalue weighted by atomic mass is 10.0. The Balaban J connectivity index is 1.65. The minimum Gasteiger partial charge on any atom is -0.508 e. The smallest absolute Gasteiger partial charge is 0.408 e. The number of amides is 2. The number of carbonyl (C=O) groups is 3. The topological polar surface area (TPSA) is 114 Å². The number of nitrogens with one attached hydrogen (secondary N) is 2. The molecule has 3 aromatic carbocycles. The highest BCUT2D eigenvalue weighted by molar-refractivity contribution is 7.98. The van der Waals surface area contributed by atoms with Gasteiger partial charge in [0.2, 0.25) is 5.91 Å². The van der Waals surface area contributed by atoms with Crippen molar-refractivity contribution in [3.8, 4) is 5.75 Å². The molecule has 0 aromatic heterocycles. The number of phenols is 1. The molecule has 0 aliphatic rings. The van der Waals surface area contributed by atoms with Gasteiger partial charge >= 0.3 is 12.1 Å². The molecule has 0 radical (unpaired) electrons. The summed E-state index contributed by atoms with van der Waals surface area (Å²) in [4.78, 5) is 38.2. The molecule has 0 aliphatic heterocycles. The monoisotopic (exact) mass is 522 g/mol. The van der Waals surface area contributed by atoms with Crippen LogP contribution in [0.2, 0.25) is 0 Å². The van der Waals surface area contributed by atoms with Crippen LogP contribution in [0.25, 0.3) is 0 Å². The third kappa shape index (κ3) is 9.53. The van der Waals surface area contributed by atoms with Gasteiger partial charge in [-0.1, -0.05) is 72.8 Å². The number of rotatable bonds is 12. The maximum absolute atomic E-state index is 13.2. The summed E-state index contributed by atoms with van der Waals surface area (Å²) in [5, 5.41) is 14.9. The Morgan fingerprint density at radius 1 is 0.811 bits per heavy atom. The average molecular weight is 523 g/mol. The van der Waals surface area contributed by atoms with E-state index in [9.17, 15) is 19.5 Å². The number of aromatic hydroxyl groups is 1. The van der Waals surface area contributed by atoms with Crippen molar-refractivity contribution >= 4 is 29.7 Å². The van der Waals surface area contributed by atoms with Gasteiger partial charge in [0.1, 0.15) is 24.4 Å². The first-order valence-corrected chi connectivity index (χ1v) is 12.8. The second-order valence-corrected chi connectivity index (χ2v) is 9.24. The van der Waals surface area contributed by atoms with Crippen LogP contribution in [0.4, 0.5) is 4.79 Å². The van der Waals surface area contributed by atoms with E-state index < -0.39 is 30.1 Å². The number of carbonyl (C=O) groups excluding carboxylic acids is 3. The van der Waals surface area contributed by atoms with Gasteiger partial charge in [-0.2, -0.15) is 11.8 Å². The minimum absolute atomic E-state index is 0.0428. The summed E-state index contributed by atoms with van der Waals surface area (Å²) in [6.07, 6.45) is -0.645. The highest BCUT2D eigenvalue weighted by Gasteiger charge is 2.28. The molecule has 194 valence electrons. The largest absolute Gasteiger partial charge is 0.508 e. The summed E-state index contributed by atoms with van der Waals surface area (Å²) in [7, 11) is 1.26. The standard InChI is InChI=1S/C28H30N2O6S/c1-35-27(33)25(19-37-18-22-10-6-3-7-11-22)29-26(32)24(16-20-12-14-23(31)15-13-20)30-28(34)36-17-21-8-4-2-5-9-21/h2-15,24-25,31H,16-19H2,1H3,(H,29,32)(H,30,34)/t24-,25-/m0/s1. The van der Waals surface area contributed by atoms with Crippen molar-refractivity contribution in [1.82, 2.24) is 10.6 Å². The van der Waals surface area contributed by atoms with Crippen molar-refractivity contribution in [2.24, 2.45) is 0 Å². The molecule has 0 aliphatic carbocycles. The molecule has 0 bridgehead atoms. The van der Waals surface area contributed by atoms with E-state index >= 15 is 0 Å². The Bertz CT molecular complexity index is 1140. The van der Waals surface area contributed by atoms with Crippen molar-refractivity contribution in [3.05, 3.63) is 102 Å². The molecule has 3 N–H and O–H groups in total. The number of benzene rings is 3. The van der Waals surface area contributed by atoms with Crippen LogP contribution in [0.15, 0.2) is 84.9 Å². The van der Waals surface area contributed by atoms with Gasteiger partial charge in [-0.3, -0.25) is 4.79 Å². The van der Waals surface area contributed by atoms with E-state index in [1.165, 1.54) is 31.0 Å². The van der Waals surface area contributed by atoms with Crippen molar-refractivity contribution in [2.45, 2.75) is 30.9 Å². The molecule has 0 spiro atoms. The number of methoxy groups -OCH3 is 1. The maximum atomic E-state index is 13.2. The number of alkyl carbamates (subject to hydrolysis) is 1. The van der Waals surface area contributed by atoms with Crippen LogP contribution in [0, 0.1) is 0 Å².